The molecule has 0 unspecified atom stereocenters. The Kier molecular flexibility index (Phi) is 3.97. The van der Waals surface area contributed by atoms with Crippen molar-refractivity contribution in [3.63, 3.8) is 0 Å². The first-order valence-corrected chi connectivity index (χ1v) is 6.20. The minimum atomic E-state index is -4.44. The zero-order valence-electron chi connectivity index (χ0n) is 11.5. The van der Waals surface area contributed by atoms with Gasteiger partial charge in [0.05, 0.1) is 5.56 Å². The van der Waals surface area contributed by atoms with E-state index in [9.17, 15) is 18.0 Å². The molecule has 1 amide bonds. The first kappa shape index (κ1) is 15.0. The topological polar surface area (TPSA) is 42.0 Å². The highest BCUT2D eigenvalue weighted by molar-refractivity contribution is 6.05. The van der Waals surface area contributed by atoms with Gasteiger partial charge in [-0.05, 0) is 43.7 Å². The van der Waals surface area contributed by atoms with E-state index in [1.165, 1.54) is 24.4 Å². The van der Waals surface area contributed by atoms with E-state index in [0.717, 1.165) is 12.1 Å². The van der Waals surface area contributed by atoms with Crippen LogP contribution < -0.4 is 5.32 Å². The van der Waals surface area contributed by atoms with Crippen LogP contribution in [0, 0.1) is 13.8 Å². The molecule has 21 heavy (non-hydrogen) atoms. The number of carbonyl (C=O) groups excluding carboxylic acids is 1. The predicted octanol–water partition coefficient (Wildman–Crippen LogP) is 3.97. The average Bonchev–Trinajstić information content (AvgIpc) is 2.41. The second-order valence-electron chi connectivity index (χ2n) is 4.60. The molecule has 0 saturated carbocycles. The highest BCUT2D eigenvalue weighted by atomic mass is 19.4. The molecule has 0 aliphatic heterocycles. The van der Waals surface area contributed by atoms with Crippen LogP contribution in [0.5, 0.6) is 0 Å². The summed E-state index contributed by atoms with van der Waals surface area (Å²) in [4.78, 5) is 16.2. The smallest absolute Gasteiger partial charge is 0.322 e. The number of anilines is 1. The fraction of sp³-hybridized carbons (Fsp3) is 0.200. The molecule has 6 heteroatoms. The van der Waals surface area contributed by atoms with Crippen molar-refractivity contribution in [2.75, 3.05) is 5.32 Å². The highest BCUT2D eigenvalue weighted by Crippen LogP contribution is 2.30. The summed E-state index contributed by atoms with van der Waals surface area (Å²) in [6.07, 6.45) is -2.95. The highest BCUT2D eigenvalue weighted by Gasteiger charge is 2.30. The molecule has 0 saturated heterocycles. The number of carbonyl (C=O) groups is 1. The minimum absolute atomic E-state index is 0.101. The molecule has 0 bridgehead atoms. The lowest BCUT2D eigenvalue weighted by Crippen LogP contribution is -2.15. The first-order chi connectivity index (χ1) is 9.79. The van der Waals surface area contributed by atoms with E-state index in [-0.39, 0.29) is 5.69 Å². The summed E-state index contributed by atoms with van der Waals surface area (Å²) in [5.41, 5.74) is 1.08. The standard InChI is InChI=1S/C15H13F3N2O/c1-9-10(2)19-7-6-13(9)14(21)20-12-5-3-4-11(8-12)15(16,17)18/h3-8H,1-2H3,(H,20,21). The number of rotatable bonds is 2. The van der Waals surface area contributed by atoms with Crippen molar-refractivity contribution in [3.05, 3.63) is 58.9 Å². The van der Waals surface area contributed by atoms with Crippen LogP contribution in [0.4, 0.5) is 18.9 Å². The molecule has 3 nitrogen and oxygen atoms in total. The SMILES string of the molecule is Cc1nccc(C(=O)Nc2cccc(C(F)(F)F)c2)c1C. The van der Waals surface area contributed by atoms with Gasteiger partial charge in [0, 0.05) is 23.1 Å². The van der Waals surface area contributed by atoms with Crippen molar-refractivity contribution in [2.45, 2.75) is 20.0 Å². The number of hydrogen-bond donors (Lipinski definition) is 1. The average molecular weight is 294 g/mol. The Balaban J connectivity index is 2.26. The third-order valence-corrected chi connectivity index (χ3v) is 3.15. The van der Waals surface area contributed by atoms with Gasteiger partial charge in [0.15, 0.2) is 0 Å². The number of alkyl halides is 3. The van der Waals surface area contributed by atoms with Crippen molar-refractivity contribution in [1.29, 1.82) is 0 Å². The molecule has 110 valence electrons. The quantitative estimate of drug-likeness (QED) is 0.910. The second kappa shape index (κ2) is 5.55. The zero-order valence-corrected chi connectivity index (χ0v) is 11.5. The molecule has 0 aliphatic rings. The molecular weight excluding hydrogens is 281 g/mol. The molecule has 0 fully saturated rings. The first-order valence-electron chi connectivity index (χ1n) is 6.20. The van der Waals surface area contributed by atoms with Crippen LogP contribution in [0.25, 0.3) is 0 Å². The lowest BCUT2D eigenvalue weighted by Gasteiger charge is -2.11. The fourth-order valence-corrected chi connectivity index (χ4v) is 1.86. The summed E-state index contributed by atoms with van der Waals surface area (Å²) in [6.45, 7) is 3.50. The summed E-state index contributed by atoms with van der Waals surface area (Å²) in [5, 5.41) is 2.47. The zero-order chi connectivity index (χ0) is 15.6. The molecule has 0 atom stereocenters. The molecule has 1 heterocycles. The van der Waals surface area contributed by atoms with Crippen molar-refractivity contribution < 1.29 is 18.0 Å². The number of pyridine rings is 1. The third kappa shape index (κ3) is 3.39. The van der Waals surface area contributed by atoms with Crippen molar-refractivity contribution in [2.24, 2.45) is 0 Å². The van der Waals surface area contributed by atoms with E-state index in [4.69, 9.17) is 0 Å². The van der Waals surface area contributed by atoms with E-state index < -0.39 is 17.6 Å². The van der Waals surface area contributed by atoms with Crippen molar-refractivity contribution >= 4 is 11.6 Å². The maximum Gasteiger partial charge on any atom is 0.416 e. The molecule has 1 aromatic carbocycles. The maximum absolute atomic E-state index is 12.6. The van der Waals surface area contributed by atoms with E-state index in [1.807, 2.05) is 0 Å². The predicted molar refractivity (Wildman–Crippen MR) is 73.1 cm³/mol. The Bertz CT molecular complexity index is 681. The number of amides is 1. The number of aromatic nitrogens is 1. The molecule has 1 aromatic heterocycles. The number of halogens is 3. The molecule has 0 spiro atoms. The largest absolute Gasteiger partial charge is 0.416 e. The van der Waals surface area contributed by atoms with E-state index in [1.54, 1.807) is 13.8 Å². The fourth-order valence-electron chi connectivity index (χ4n) is 1.86. The van der Waals surface area contributed by atoms with Gasteiger partial charge < -0.3 is 5.32 Å². The Hall–Kier alpha value is -2.37. The van der Waals surface area contributed by atoms with Crippen LogP contribution in [0.3, 0.4) is 0 Å². The number of benzene rings is 1. The Morgan fingerprint density at radius 1 is 1.19 bits per heavy atom. The van der Waals surface area contributed by atoms with Gasteiger partial charge in [0.2, 0.25) is 0 Å². The summed E-state index contributed by atoms with van der Waals surface area (Å²) < 4.78 is 37.9. The lowest BCUT2D eigenvalue weighted by molar-refractivity contribution is -0.137. The molecule has 1 N–H and O–H groups in total. The van der Waals surface area contributed by atoms with E-state index in [2.05, 4.69) is 10.3 Å². The van der Waals surface area contributed by atoms with Crippen molar-refractivity contribution in [1.82, 2.24) is 4.98 Å². The second-order valence-corrected chi connectivity index (χ2v) is 4.60. The summed E-state index contributed by atoms with van der Waals surface area (Å²) >= 11 is 0. The number of aryl methyl sites for hydroxylation is 1. The number of hydrogen-bond acceptors (Lipinski definition) is 2. The molecular formula is C15H13F3N2O. The van der Waals surface area contributed by atoms with Gasteiger partial charge in [-0.2, -0.15) is 13.2 Å². The van der Waals surface area contributed by atoms with Crippen LogP contribution in [0.1, 0.15) is 27.2 Å². The Morgan fingerprint density at radius 3 is 2.57 bits per heavy atom. The van der Waals surface area contributed by atoms with Crippen LogP contribution in [0.15, 0.2) is 36.5 Å². The van der Waals surface area contributed by atoms with Crippen LogP contribution in [-0.2, 0) is 6.18 Å². The molecule has 0 aliphatic carbocycles. The van der Waals surface area contributed by atoms with Gasteiger partial charge in [0.25, 0.3) is 5.91 Å². The maximum atomic E-state index is 12.6. The third-order valence-electron chi connectivity index (χ3n) is 3.15. The van der Waals surface area contributed by atoms with Crippen LogP contribution >= 0.6 is 0 Å². The van der Waals surface area contributed by atoms with Gasteiger partial charge in [-0.25, -0.2) is 0 Å². The lowest BCUT2D eigenvalue weighted by atomic mass is 10.1. The van der Waals surface area contributed by atoms with Gasteiger partial charge in [-0.15, -0.1) is 0 Å². The van der Waals surface area contributed by atoms with Crippen molar-refractivity contribution in [3.8, 4) is 0 Å². The van der Waals surface area contributed by atoms with Crippen LogP contribution in [0.2, 0.25) is 0 Å². The number of nitrogens with one attached hydrogen (secondary N) is 1. The minimum Gasteiger partial charge on any atom is -0.322 e. The molecule has 0 radical (unpaired) electrons. The van der Waals surface area contributed by atoms with Crippen LogP contribution in [-0.4, -0.2) is 10.9 Å². The summed E-state index contributed by atoms with van der Waals surface area (Å²) in [6, 6.07) is 6.06. The normalized spacial score (nSPS) is 11.3. The molecule has 2 rings (SSSR count). The summed E-state index contributed by atoms with van der Waals surface area (Å²) in [7, 11) is 0. The van der Waals surface area contributed by atoms with Gasteiger partial charge in [0.1, 0.15) is 0 Å². The van der Waals surface area contributed by atoms with Gasteiger partial charge in [-0.1, -0.05) is 6.07 Å². The Labute approximate surface area is 119 Å². The summed E-state index contributed by atoms with van der Waals surface area (Å²) in [5.74, 6) is -0.461. The van der Waals surface area contributed by atoms with Gasteiger partial charge >= 0.3 is 6.18 Å². The Morgan fingerprint density at radius 2 is 1.90 bits per heavy atom. The number of nitrogens with zero attached hydrogens (tertiary/aromatic N) is 1. The van der Waals surface area contributed by atoms with E-state index in [0.29, 0.717) is 16.8 Å². The molecule has 2 aromatic rings. The van der Waals surface area contributed by atoms with Gasteiger partial charge in [-0.3, -0.25) is 9.78 Å². The monoisotopic (exact) mass is 294 g/mol. The van der Waals surface area contributed by atoms with E-state index >= 15 is 0 Å².